The zero-order valence-electron chi connectivity index (χ0n) is 15.2. The number of hydrogen-bond donors (Lipinski definition) is 1. The number of hydrogen-bond acceptors (Lipinski definition) is 4. The van der Waals surface area contributed by atoms with Crippen molar-refractivity contribution in [1.29, 1.82) is 0 Å². The predicted octanol–water partition coefficient (Wildman–Crippen LogP) is 5.05. The summed E-state index contributed by atoms with van der Waals surface area (Å²) in [6.07, 6.45) is 6.60. The Hall–Kier alpha value is -1.66. The van der Waals surface area contributed by atoms with Gasteiger partial charge < -0.3 is 15.0 Å². The van der Waals surface area contributed by atoms with E-state index in [1.54, 1.807) is 0 Å². The molecule has 1 fully saturated rings. The van der Waals surface area contributed by atoms with Crippen LogP contribution in [0.5, 0.6) is 0 Å². The monoisotopic (exact) mass is 416 g/mol. The molecule has 0 atom stereocenters. The standard InChI is InChI=1S/C20H25BrN4O/c1-2-26-12-17-24-18-19(25(17)11-13-6-4-3-5-7-13)15-9-8-14(21)10-16(15)23-20(18)22/h8-10,13H,2-7,11-12H2,1H3,(H2,22,23). The summed E-state index contributed by atoms with van der Waals surface area (Å²) in [5.41, 5.74) is 9.07. The quantitative estimate of drug-likeness (QED) is 0.631. The molecule has 138 valence electrons. The van der Waals surface area contributed by atoms with E-state index < -0.39 is 0 Å². The largest absolute Gasteiger partial charge is 0.382 e. The lowest BCUT2D eigenvalue weighted by Crippen LogP contribution is -2.16. The van der Waals surface area contributed by atoms with Gasteiger partial charge in [-0.05, 0) is 43.9 Å². The summed E-state index contributed by atoms with van der Waals surface area (Å²) in [7, 11) is 0. The maximum Gasteiger partial charge on any atom is 0.152 e. The van der Waals surface area contributed by atoms with Gasteiger partial charge in [0.15, 0.2) is 5.82 Å². The van der Waals surface area contributed by atoms with Crippen molar-refractivity contribution in [2.45, 2.75) is 52.2 Å². The van der Waals surface area contributed by atoms with Gasteiger partial charge in [0.2, 0.25) is 0 Å². The minimum atomic E-state index is 0.491. The number of pyridine rings is 1. The molecule has 0 aliphatic heterocycles. The van der Waals surface area contributed by atoms with E-state index in [1.165, 1.54) is 32.1 Å². The number of benzene rings is 1. The number of fused-ring (bicyclic) bond motifs is 3. The van der Waals surface area contributed by atoms with Crippen molar-refractivity contribution in [3.05, 3.63) is 28.5 Å². The van der Waals surface area contributed by atoms with Crippen molar-refractivity contribution in [1.82, 2.24) is 14.5 Å². The van der Waals surface area contributed by atoms with Gasteiger partial charge in [-0.1, -0.05) is 35.2 Å². The molecule has 1 aliphatic rings. The minimum absolute atomic E-state index is 0.491. The normalized spacial score (nSPS) is 15.9. The summed E-state index contributed by atoms with van der Waals surface area (Å²) in [6, 6.07) is 6.18. The highest BCUT2D eigenvalue weighted by molar-refractivity contribution is 9.10. The van der Waals surface area contributed by atoms with E-state index in [2.05, 4.69) is 37.6 Å². The Bertz CT molecular complexity index is 931. The third-order valence-electron chi connectivity index (χ3n) is 5.35. The second-order valence-electron chi connectivity index (χ2n) is 7.14. The number of nitrogens with two attached hydrogens (primary N) is 1. The van der Waals surface area contributed by atoms with Gasteiger partial charge in [-0.2, -0.15) is 0 Å². The smallest absolute Gasteiger partial charge is 0.152 e. The lowest BCUT2D eigenvalue weighted by Gasteiger charge is -2.23. The van der Waals surface area contributed by atoms with Crippen LogP contribution in [0.4, 0.5) is 5.82 Å². The Morgan fingerprint density at radius 1 is 1.23 bits per heavy atom. The molecule has 1 saturated carbocycles. The number of halogens is 1. The first-order chi connectivity index (χ1) is 12.7. The molecule has 5 nitrogen and oxygen atoms in total. The lowest BCUT2D eigenvalue weighted by molar-refractivity contribution is 0.124. The molecule has 2 heterocycles. The van der Waals surface area contributed by atoms with Crippen LogP contribution < -0.4 is 5.73 Å². The molecule has 0 saturated heterocycles. The fourth-order valence-electron chi connectivity index (χ4n) is 4.06. The van der Waals surface area contributed by atoms with Gasteiger partial charge in [0.1, 0.15) is 17.9 Å². The SMILES string of the molecule is CCOCc1nc2c(N)nc3cc(Br)ccc3c2n1CC1CCCCC1. The highest BCUT2D eigenvalue weighted by atomic mass is 79.9. The second-order valence-corrected chi connectivity index (χ2v) is 8.05. The number of ether oxygens (including phenoxy) is 1. The van der Waals surface area contributed by atoms with Crippen LogP contribution in [0.3, 0.4) is 0 Å². The van der Waals surface area contributed by atoms with E-state index in [0.717, 1.165) is 38.8 Å². The Labute approximate surface area is 162 Å². The number of aromatic nitrogens is 3. The van der Waals surface area contributed by atoms with Gasteiger partial charge in [0, 0.05) is 23.0 Å². The summed E-state index contributed by atoms with van der Waals surface area (Å²) in [6.45, 7) is 4.17. The molecular weight excluding hydrogens is 392 g/mol. The Balaban J connectivity index is 1.89. The fourth-order valence-corrected chi connectivity index (χ4v) is 4.41. The molecule has 0 radical (unpaired) electrons. The molecular formula is C20H25BrN4O. The second kappa shape index (κ2) is 7.53. The van der Waals surface area contributed by atoms with E-state index in [9.17, 15) is 0 Å². The van der Waals surface area contributed by atoms with Crippen LogP contribution in [0.2, 0.25) is 0 Å². The molecule has 1 aromatic carbocycles. The Morgan fingerprint density at radius 3 is 2.81 bits per heavy atom. The summed E-state index contributed by atoms with van der Waals surface area (Å²) in [5, 5.41) is 1.10. The number of rotatable bonds is 5. The molecule has 2 N–H and O–H groups in total. The Kier molecular flexibility index (Phi) is 5.14. The molecule has 0 amide bonds. The fraction of sp³-hybridized carbons (Fsp3) is 0.500. The van der Waals surface area contributed by atoms with E-state index in [4.69, 9.17) is 15.5 Å². The highest BCUT2D eigenvalue weighted by Crippen LogP contribution is 2.33. The molecule has 26 heavy (non-hydrogen) atoms. The molecule has 0 bridgehead atoms. The molecule has 6 heteroatoms. The first kappa shape index (κ1) is 17.7. The van der Waals surface area contributed by atoms with Gasteiger partial charge in [0.05, 0.1) is 11.0 Å². The van der Waals surface area contributed by atoms with Crippen molar-refractivity contribution in [3.8, 4) is 0 Å². The average Bonchev–Trinajstić information content (AvgIpc) is 3.00. The zero-order valence-corrected chi connectivity index (χ0v) is 16.8. The minimum Gasteiger partial charge on any atom is -0.382 e. The number of anilines is 1. The van der Waals surface area contributed by atoms with Crippen LogP contribution in [0.25, 0.3) is 21.9 Å². The third-order valence-corrected chi connectivity index (χ3v) is 5.84. The molecule has 0 unspecified atom stereocenters. The maximum absolute atomic E-state index is 6.27. The summed E-state index contributed by atoms with van der Waals surface area (Å²) < 4.78 is 9.04. The predicted molar refractivity (Wildman–Crippen MR) is 109 cm³/mol. The molecule has 0 spiro atoms. The van der Waals surface area contributed by atoms with Crippen molar-refractivity contribution in [2.24, 2.45) is 5.92 Å². The van der Waals surface area contributed by atoms with Gasteiger partial charge in [-0.3, -0.25) is 0 Å². The van der Waals surface area contributed by atoms with Gasteiger partial charge in [-0.25, -0.2) is 9.97 Å². The van der Waals surface area contributed by atoms with Crippen molar-refractivity contribution >= 4 is 43.7 Å². The number of nitrogen functional groups attached to an aromatic ring is 1. The van der Waals surface area contributed by atoms with Crippen molar-refractivity contribution in [2.75, 3.05) is 12.3 Å². The molecule has 2 aromatic heterocycles. The first-order valence-corrected chi connectivity index (χ1v) is 10.3. The summed E-state index contributed by atoms with van der Waals surface area (Å²) >= 11 is 3.54. The first-order valence-electron chi connectivity index (χ1n) is 9.49. The van der Waals surface area contributed by atoms with Crippen molar-refractivity contribution < 1.29 is 4.74 Å². The van der Waals surface area contributed by atoms with Crippen molar-refractivity contribution in [3.63, 3.8) is 0 Å². The average molecular weight is 417 g/mol. The van der Waals surface area contributed by atoms with Crippen LogP contribution in [-0.2, 0) is 17.9 Å². The highest BCUT2D eigenvalue weighted by Gasteiger charge is 2.21. The van der Waals surface area contributed by atoms with E-state index in [-0.39, 0.29) is 0 Å². The van der Waals surface area contributed by atoms with E-state index in [0.29, 0.717) is 24.9 Å². The van der Waals surface area contributed by atoms with Crippen LogP contribution in [0.1, 0.15) is 44.9 Å². The van der Waals surface area contributed by atoms with Crippen LogP contribution in [0, 0.1) is 5.92 Å². The van der Waals surface area contributed by atoms with Gasteiger partial charge in [-0.15, -0.1) is 0 Å². The Morgan fingerprint density at radius 2 is 2.04 bits per heavy atom. The van der Waals surface area contributed by atoms with Crippen LogP contribution >= 0.6 is 15.9 Å². The maximum atomic E-state index is 6.27. The van der Waals surface area contributed by atoms with Gasteiger partial charge in [0.25, 0.3) is 0 Å². The zero-order chi connectivity index (χ0) is 18.1. The summed E-state index contributed by atoms with van der Waals surface area (Å²) in [5.74, 6) is 2.14. The van der Waals surface area contributed by atoms with Crippen LogP contribution in [-0.4, -0.2) is 21.1 Å². The third kappa shape index (κ3) is 3.32. The topological polar surface area (TPSA) is 66.0 Å². The lowest BCUT2D eigenvalue weighted by atomic mass is 9.89. The number of imidazole rings is 1. The van der Waals surface area contributed by atoms with E-state index >= 15 is 0 Å². The molecule has 3 aromatic rings. The van der Waals surface area contributed by atoms with Crippen LogP contribution in [0.15, 0.2) is 22.7 Å². The summed E-state index contributed by atoms with van der Waals surface area (Å²) in [4.78, 5) is 9.40. The van der Waals surface area contributed by atoms with Gasteiger partial charge >= 0.3 is 0 Å². The molecule has 4 rings (SSSR count). The van der Waals surface area contributed by atoms with E-state index in [1.807, 2.05) is 13.0 Å². The number of nitrogens with zero attached hydrogens (tertiary/aromatic N) is 3. The molecule has 1 aliphatic carbocycles.